The van der Waals surface area contributed by atoms with E-state index < -0.39 is 11.8 Å². The molecular formula is C24H31FN4O4. The average Bonchev–Trinajstić information content (AvgIpc) is 2.77. The molecule has 9 heteroatoms. The first-order chi connectivity index (χ1) is 15.7. The average molecular weight is 459 g/mol. The SMILES string of the molecule is C[C@H](CO)N1C[C@H](C)[C@@H](CN(C)C)Oc2ccc(NC(=O)Nc3ccc(F)cc3)cc2C1=O. The predicted molar refractivity (Wildman–Crippen MR) is 125 cm³/mol. The number of aliphatic hydroxyl groups is 1. The maximum atomic E-state index is 13.4. The fourth-order valence-corrected chi connectivity index (χ4v) is 3.70. The van der Waals surface area contributed by atoms with Crippen molar-refractivity contribution < 1.29 is 23.8 Å². The molecule has 0 saturated carbocycles. The summed E-state index contributed by atoms with van der Waals surface area (Å²) in [7, 11) is 3.92. The van der Waals surface area contributed by atoms with Crippen LogP contribution in [-0.2, 0) is 0 Å². The van der Waals surface area contributed by atoms with E-state index in [9.17, 15) is 19.1 Å². The minimum absolute atomic E-state index is 0.0396. The van der Waals surface area contributed by atoms with Gasteiger partial charge in [0.2, 0.25) is 0 Å². The lowest BCUT2D eigenvalue weighted by Crippen LogP contribution is -2.49. The summed E-state index contributed by atoms with van der Waals surface area (Å²) in [5.74, 6) is -0.204. The molecule has 3 N–H and O–H groups in total. The fraction of sp³-hybridized carbons (Fsp3) is 0.417. The van der Waals surface area contributed by atoms with Gasteiger partial charge in [-0.3, -0.25) is 4.79 Å². The second kappa shape index (κ2) is 10.6. The van der Waals surface area contributed by atoms with Gasteiger partial charge >= 0.3 is 6.03 Å². The van der Waals surface area contributed by atoms with Crippen LogP contribution in [0, 0.1) is 11.7 Å². The Morgan fingerprint density at radius 1 is 1.21 bits per heavy atom. The zero-order chi connectivity index (χ0) is 24.1. The number of nitrogens with zero attached hydrogens (tertiary/aromatic N) is 2. The number of aliphatic hydroxyl groups excluding tert-OH is 1. The number of carbonyl (C=O) groups is 2. The number of fused-ring (bicyclic) bond motifs is 1. The molecule has 0 bridgehead atoms. The van der Waals surface area contributed by atoms with Crippen molar-refractivity contribution >= 4 is 23.3 Å². The molecule has 0 aliphatic carbocycles. The highest BCUT2D eigenvalue weighted by Gasteiger charge is 2.33. The summed E-state index contributed by atoms with van der Waals surface area (Å²) in [6, 6.07) is 9.41. The first-order valence-corrected chi connectivity index (χ1v) is 10.9. The van der Waals surface area contributed by atoms with Gasteiger partial charge in [0.1, 0.15) is 17.7 Å². The Morgan fingerprint density at radius 3 is 2.48 bits per heavy atom. The van der Waals surface area contributed by atoms with Gasteiger partial charge in [-0.2, -0.15) is 0 Å². The summed E-state index contributed by atoms with van der Waals surface area (Å²) in [6.45, 7) is 4.76. The molecule has 3 amide bonds. The lowest BCUT2D eigenvalue weighted by molar-refractivity contribution is 0.0363. The first-order valence-electron chi connectivity index (χ1n) is 10.9. The van der Waals surface area contributed by atoms with Gasteiger partial charge in [0.05, 0.1) is 18.2 Å². The summed E-state index contributed by atoms with van der Waals surface area (Å²) >= 11 is 0. The van der Waals surface area contributed by atoms with Crippen LogP contribution >= 0.6 is 0 Å². The number of hydrogen-bond acceptors (Lipinski definition) is 5. The number of likely N-dealkylation sites (N-methyl/N-ethyl adjacent to an activating group) is 1. The maximum absolute atomic E-state index is 13.4. The van der Waals surface area contributed by atoms with Crippen molar-refractivity contribution in [3.05, 3.63) is 53.8 Å². The summed E-state index contributed by atoms with van der Waals surface area (Å²) in [6.07, 6.45) is -0.166. The van der Waals surface area contributed by atoms with Crippen molar-refractivity contribution in [2.45, 2.75) is 26.0 Å². The van der Waals surface area contributed by atoms with Gasteiger partial charge in [-0.15, -0.1) is 0 Å². The summed E-state index contributed by atoms with van der Waals surface area (Å²) < 4.78 is 19.3. The quantitative estimate of drug-likeness (QED) is 0.618. The molecule has 8 nitrogen and oxygen atoms in total. The molecule has 3 rings (SSSR count). The zero-order valence-electron chi connectivity index (χ0n) is 19.3. The van der Waals surface area contributed by atoms with Crippen molar-refractivity contribution in [1.29, 1.82) is 0 Å². The number of carbonyl (C=O) groups excluding carboxylic acids is 2. The second-order valence-electron chi connectivity index (χ2n) is 8.68. The third-order valence-electron chi connectivity index (χ3n) is 5.57. The molecule has 178 valence electrons. The van der Waals surface area contributed by atoms with Crippen LogP contribution < -0.4 is 15.4 Å². The van der Waals surface area contributed by atoms with Crippen LogP contribution in [0.4, 0.5) is 20.6 Å². The zero-order valence-corrected chi connectivity index (χ0v) is 19.3. The van der Waals surface area contributed by atoms with E-state index >= 15 is 0 Å². The van der Waals surface area contributed by atoms with Crippen LogP contribution in [0.15, 0.2) is 42.5 Å². The smallest absolute Gasteiger partial charge is 0.323 e. The van der Waals surface area contributed by atoms with E-state index in [1.165, 1.54) is 24.3 Å². The Kier molecular flexibility index (Phi) is 7.88. The topological polar surface area (TPSA) is 94.1 Å². The number of benzene rings is 2. The maximum Gasteiger partial charge on any atom is 0.323 e. The van der Waals surface area contributed by atoms with Gasteiger partial charge in [-0.05, 0) is 63.5 Å². The van der Waals surface area contributed by atoms with E-state index in [2.05, 4.69) is 10.6 Å². The van der Waals surface area contributed by atoms with E-state index in [1.807, 2.05) is 25.9 Å². The molecule has 1 heterocycles. The molecular weight excluding hydrogens is 427 g/mol. The van der Waals surface area contributed by atoms with E-state index in [-0.39, 0.29) is 30.6 Å². The van der Waals surface area contributed by atoms with Gasteiger partial charge in [-0.25, -0.2) is 9.18 Å². The minimum atomic E-state index is -0.527. The monoisotopic (exact) mass is 458 g/mol. The second-order valence-corrected chi connectivity index (χ2v) is 8.68. The van der Waals surface area contributed by atoms with E-state index in [4.69, 9.17) is 4.74 Å². The van der Waals surface area contributed by atoms with Gasteiger partial charge in [0.15, 0.2) is 0 Å². The van der Waals surface area contributed by atoms with Crippen molar-refractivity contribution in [2.75, 3.05) is 44.4 Å². The Labute approximate surface area is 193 Å². The van der Waals surface area contributed by atoms with Crippen LogP contribution in [0.25, 0.3) is 0 Å². The van der Waals surface area contributed by atoms with Crippen molar-refractivity contribution in [2.24, 2.45) is 5.92 Å². The first kappa shape index (κ1) is 24.5. The van der Waals surface area contributed by atoms with Gasteiger partial charge in [0.25, 0.3) is 5.91 Å². The lowest BCUT2D eigenvalue weighted by atomic mass is 9.99. The van der Waals surface area contributed by atoms with Crippen LogP contribution in [0.3, 0.4) is 0 Å². The van der Waals surface area contributed by atoms with Crippen molar-refractivity contribution in [3.63, 3.8) is 0 Å². The molecule has 0 unspecified atom stereocenters. The molecule has 2 aromatic carbocycles. The standard InChI is InChI=1S/C24H31FN4O4/c1-15-12-29(16(2)14-30)23(31)20-11-19(9-10-21(20)33-22(15)13-28(3)4)27-24(32)26-18-7-5-17(25)6-8-18/h5-11,15-16,22,30H,12-14H2,1-4H3,(H2,26,27,32)/t15-,16+,22+/m0/s1. The molecule has 0 spiro atoms. The highest BCUT2D eigenvalue weighted by molar-refractivity contribution is 6.02. The molecule has 2 aromatic rings. The van der Waals surface area contributed by atoms with Gasteiger partial charge in [-0.1, -0.05) is 6.92 Å². The lowest BCUT2D eigenvalue weighted by Gasteiger charge is -2.37. The number of amides is 3. The van der Waals surface area contributed by atoms with E-state index in [1.54, 1.807) is 30.0 Å². The van der Waals surface area contributed by atoms with Crippen LogP contribution in [-0.4, -0.2) is 72.8 Å². The van der Waals surface area contributed by atoms with Crippen LogP contribution in [0.2, 0.25) is 0 Å². The number of ether oxygens (including phenoxy) is 1. The fourth-order valence-electron chi connectivity index (χ4n) is 3.70. The highest BCUT2D eigenvalue weighted by atomic mass is 19.1. The molecule has 3 atom stereocenters. The van der Waals surface area contributed by atoms with Crippen molar-refractivity contribution in [3.8, 4) is 5.75 Å². The van der Waals surface area contributed by atoms with Crippen LogP contribution in [0.1, 0.15) is 24.2 Å². The summed E-state index contributed by atoms with van der Waals surface area (Å²) in [5, 5.41) is 15.0. The number of urea groups is 1. The molecule has 0 aromatic heterocycles. The van der Waals surface area contributed by atoms with Gasteiger partial charge < -0.3 is 30.3 Å². The molecule has 0 fully saturated rings. The number of rotatable bonds is 6. The minimum Gasteiger partial charge on any atom is -0.488 e. The number of nitrogens with one attached hydrogen (secondary N) is 2. The van der Waals surface area contributed by atoms with E-state index in [0.717, 1.165) is 0 Å². The Balaban J connectivity index is 1.87. The molecule has 1 aliphatic heterocycles. The van der Waals surface area contributed by atoms with Gasteiger partial charge in [0, 0.05) is 30.4 Å². The Bertz CT molecular complexity index is 983. The number of hydrogen-bond donors (Lipinski definition) is 3. The highest BCUT2D eigenvalue weighted by Crippen LogP contribution is 2.30. The predicted octanol–water partition coefficient (Wildman–Crippen LogP) is 3.25. The molecule has 0 saturated heterocycles. The Morgan fingerprint density at radius 2 is 1.85 bits per heavy atom. The third-order valence-corrected chi connectivity index (χ3v) is 5.57. The summed E-state index contributed by atoms with van der Waals surface area (Å²) in [5.41, 5.74) is 1.15. The van der Waals surface area contributed by atoms with E-state index in [0.29, 0.717) is 35.8 Å². The van der Waals surface area contributed by atoms with Crippen LogP contribution in [0.5, 0.6) is 5.75 Å². The summed E-state index contributed by atoms with van der Waals surface area (Å²) in [4.78, 5) is 29.5. The third kappa shape index (κ3) is 6.21. The number of anilines is 2. The molecule has 1 aliphatic rings. The Hall–Kier alpha value is -3.17. The van der Waals surface area contributed by atoms with Crippen molar-refractivity contribution in [1.82, 2.24) is 9.80 Å². The molecule has 33 heavy (non-hydrogen) atoms. The molecule has 0 radical (unpaired) electrons. The largest absolute Gasteiger partial charge is 0.488 e. The normalized spacial score (nSPS) is 19.2. The number of halogens is 1.